The average Bonchev–Trinajstić information content (AvgIpc) is 3.22. The van der Waals surface area contributed by atoms with Gasteiger partial charge in [-0.15, -0.1) is 0 Å². The molecule has 158 valence electrons. The molecule has 5 heteroatoms. The summed E-state index contributed by atoms with van der Waals surface area (Å²) in [7, 11) is 1.70. The van der Waals surface area contributed by atoms with E-state index in [1.54, 1.807) is 7.11 Å². The van der Waals surface area contributed by atoms with E-state index in [0.29, 0.717) is 6.04 Å². The van der Waals surface area contributed by atoms with Gasteiger partial charge in [0.2, 0.25) is 0 Å². The minimum Gasteiger partial charge on any atom is -0.497 e. The monoisotopic (exact) mass is 405 g/mol. The van der Waals surface area contributed by atoms with Crippen LogP contribution >= 0.6 is 0 Å². The molecule has 1 N–H and O–H groups in total. The van der Waals surface area contributed by atoms with Crippen LogP contribution in [0.15, 0.2) is 48.5 Å². The Morgan fingerprint density at radius 3 is 2.50 bits per heavy atom. The van der Waals surface area contributed by atoms with Crippen molar-refractivity contribution in [2.24, 2.45) is 0 Å². The van der Waals surface area contributed by atoms with E-state index in [0.717, 1.165) is 48.7 Å². The molecule has 2 aromatic rings. The maximum atomic E-state index is 6.76. The number of piperidine rings is 1. The van der Waals surface area contributed by atoms with Gasteiger partial charge < -0.3 is 19.8 Å². The van der Waals surface area contributed by atoms with Gasteiger partial charge in [0.1, 0.15) is 11.5 Å². The minimum absolute atomic E-state index is 0.163. The Labute approximate surface area is 179 Å². The molecule has 3 heterocycles. The molecule has 30 heavy (non-hydrogen) atoms. The zero-order chi connectivity index (χ0) is 20.9. The van der Waals surface area contributed by atoms with Crippen LogP contribution in [0.2, 0.25) is 0 Å². The second-order valence-corrected chi connectivity index (χ2v) is 8.95. The van der Waals surface area contributed by atoms with Crippen molar-refractivity contribution in [1.29, 1.82) is 0 Å². The number of likely N-dealkylation sites (tertiary alicyclic amines) is 1. The zero-order valence-corrected chi connectivity index (χ0v) is 18.3. The number of fused-ring (bicyclic) bond motifs is 4. The summed E-state index contributed by atoms with van der Waals surface area (Å²) in [5, 5.41) is 2.37. The molecule has 3 aliphatic rings. The number of methoxy groups -OCH3 is 1. The molecule has 0 aromatic heterocycles. The number of benzene rings is 2. The Bertz CT molecular complexity index is 959. The SMILES string of the molecule is COc1ccc(C2=C[C@H]3c4cc(C)ccc4OC4(CCN(C(C)C)CC4)N3N2)cc1. The third kappa shape index (κ3) is 3.17. The van der Waals surface area contributed by atoms with Crippen molar-refractivity contribution in [3.63, 3.8) is 0 Å². The third-order valence-electron chi connectivity index (χ3n) is 6.78. The van der Waals surface area contributed by atoms with E-state index in [1.807, 2.05) is 12.1 Å². The highest BCUT2D eigenvalue weighted by atomic mass is 16.5. The molecule has 0 unspecified atom stereocenters. The number of nitrogens with zero attached hydrogens (tertiary/aromatic N) is 2. The van der Waals surface area contributed by atoms with Gasteiger partial charge in [-0.25, -0.2) is 0 Å². The predicted octanol–water partition coefficient (Wildman–Crippen LogP) is 4.50. The summed E-state index contributed by atoms with van der Waals surface area (Å²) in [5.41, 5.74) is 8.18. The molecule has 0 saturated carbocycles. The van der Waals surface area contributed by atoms with Crippen molar-refractivity contribution in [3.8, 4) is 11.5 Å². The number of aryl methyl sites for hydroxylation is 1. The summed E-state index contributed by atoms with van der Waals surface area (Å²) in [4.78, 5) is 2.54. The van der Waals surface area contributed by atoms with Crippen molar-refractivity contribution in [1.82, 2.24) is 15.3 Å². The van der Waals surface area contributed by atoms with Gasteiger partial charge in [0.25, 0.3) is 0 Å². The first-order valence-corrected chi connectivity index (χ1v) is 10.9. The number of rotatable bonds is 3. The van der Waals surface area contributed by atoms with Gasteiger partial charge in [-0.05, 0) is 62.7 Å². The van der Waals surface area contributed by atoms with Gasteiger partial charge in [0, 0.05) is 37.5 Å². The molecular formula is C25H31N3O2. The highest BCUT2D eigenvalue weighted by molar-refractivity contribution is 5.68. The first-order valence-electron chi connectivity index (χ1n) is 10.9. The van der Waals surface area contributed by atoms with Crippen LogP contribution in [0.5, 0.6) is 11.5 Å². The van der Waals surface area contributed by atoms with Crippen LogP contribution in [0.3, 0.4) is 0 Å². The maximum Gasteiger partial charge on any atom is 0.182 e. The summed E-state index contributed by atoms with van der Waals surface area (Å²) in [6, 6.07) is 15.6. The van der Waals surface area contributed by atoms with E-state index in [1.165, 1.54) is 11.1 Å². The molecule has 0 bridgehead atoms. The summed E-state index contributed by atoms with van der Waals surface area (Å²) >= 11 is 0. The molecule has 5 rings (SSSR count). The molecule has 0 radical (unpaired) electrons. The molecule has 1 spiro atoms. The molecule has 0 aliphatic carbocycles. The number of nitrogens with one attached hydrogen (secondary N) is 1. The normalized spacial score (nSPS) is 22.8. The fourth-order valence-corrected chi connectivity index (χ4v) is 4.96. The van der Waals surface area contributed by atoms with Crippen molar-refractivity contribution >= 4 is 5.70 Å². The lowest BCUT2D eigenvalue weighted by Crippen LogP contribution is -2.64. The average molecular weight is 406 g/mol. The fourth-order valence-electron chi connectivity index (χ4n) is 4.96. The van der Waals surface area contributed by atoms with Crippen molar-refractivity contribution in [2.45, 2.75) is 51.4 Å². The van der Waals surface area contributed by atoms with Crippen LogP contribution in [0.25, 0.3) is 5.70 Å². The second kappa shape index (κ2) is 7.33. The lowest BCUT2D eigenvalue weighted by atomic mass is 9.91. The summed E-state index contributed by atoms with van der Waals surface area (Å²) < 4.78 is 12.1. The topological polar surface area (TPSA) is 37.0 Å². The van der Waals surface area contributed by atoms with Gasteiger partial charge >= 0.3 is 0 Å². The Morgan fingerprint density at radius 2 is 1.83 bits per heavy atom. The van der Waals surface area contributed by atoms with Crippen LogP contribution in [0.4, 0.5) is 0 Å². The van der Waals surface area contributed by atoms with Gasteiger partial charge in [0.15, 0.2) is 5.72 Å². The molecule has 1 fully saturated rings. The van der Waals surface area contributed by atoms with Gasteiger partial charge in [-0.1, -0.05) is 17.7 Å². The second-order valence-electron chi connectivity index (χ2n) is 8.95. The number of ether oxygens (including phenoxy) is 2. The summed E-state index contributed by atoms with van der Waals surface area (Å²) in [6.45, 7) is 8.78. The maximum absolute atomic E-state index is 6.76. The van der Waals surface area contributed by atoms with E-state index in [2.05, 4.69) is 72.5 Å². The Hall–Kier alpha value is -2.50. The molecule has 1 atom stereocenters. The van der Waals surface area contributed by atoms with Crippen LogP contribution in [-0.2, 0) is 0 Å². The number of hydrogen-bond donors (Lipinski definition) is 1. The summed E-state index contributed by atoms with van der Waals surface area (Å²) in [5.74, 6) is 1.89. The van der Waals surface area contributed by atoms with Crippen molar-refractivity contribution in [2.75, 3.05) is 20.2 Å². The van der Waals surface area contributed by atoms with Crippen molar-refractivity contribution in [3.05, 3.63) is 65.2 Å². The van der Waals surface area contributed by atoms with E-state index in [9.17, 15) is 0 Å². The van der Waals surface area contributed by atoms with Gasteiger partial charge in [0.05, 0.1) is 18.8 Å². The fraction of sp³-hybridized carbons (Fsp3) is 0.440. The highest BCUT2D eigenvalue weighted by Gasteiger charge is 2.51. The number of hydrogen-bond acceptors (Lipinski definition) is 5. The Morgan fingerprint density at radius 1 is 1.10 bits per heavy atom. The standard InChI is InChI=1S/C25H31N3O2/c1-17(2)27-13-11-25(12-14-27)28-23(21-15-18(3)5-10-24(21)30-25)16-22(26-28)19-6-8-20(29-4)9-7-19/h5-10,15-17,23,26H,11-14H2,1-4H3/t23-/m0/s1. The molecule has 3 aliphatic heterocycles. The zero-order valence-electron chi connectivity index (χ0n) is 18.3. The van der Waals surface area contributed by atoms with Crippen LogP contribution in [0, 0.1) is 6.92 Å². The molecule has 1 saturated heterocycles. The van der Waals surface area contributed by atoms with Gasteiger partial charge in [-0.2, -0.15) is 5.01 Å². The molecule has 5 nitrogen and oxygen atoms in total. The Kier molecular flexibility index (Phi) is 4.75. The lowest BCUT2D eigenvalue weighted by Gasteiger charge is -2.52. The summed E-state index contributed by atoms with van der Waals surface area (Å²) in [6.07, 6.45) is 4.30. The predicted molar refractivity (Wildman–Crippen MR) is 119 cm³/mol. The first kappa shape index (κ1) is 19.5. The van der Waals surface area contributed by atoms with E-state index in [-0.39, 0.29) is 11.8 Å². The number of hydrazine groups is 1. The minimum atomic E-state index is -0.330. The van der Waals surface area contributed by atoms with E-state index < -0.39 is 0 Å². The Balaban J connectivity index is 1.51. The van der Waals surface area contributed by atoms with Crippen LogP contribution < -0.4 is 14.9 Å². The smallest absolute Gasteiger partial charge is 0.182 e. The highest BCUT2D eigenvalue weighted by Crippen LogP contribution is 2.48. The quantitative estimate of drug-likeness (QED) is 0.814. The van der Waals surface area contributed by atoms with Crippen LogP contribution in [-0.4, -0.2) is 41.9 Å². The van der Waals surface area contributed by atoms with Crippen molar-refractivity contribution < 1.29 is 9.47 Å². The van der Waals surface area contributed by atoms with Crippen LogP contribution in [0.1, 0.15) is 49.4 Å². The molecule has 2 aromatic carbocycles. The third-order valence-corrected chi connectivity index (χ3v) is 6.78. The lowest BCUT2D eigenvalue weighted by molar-refractivity contribution is -0.161. The first-order chi connectivity index (χ1) is 14.5. The van der Waals surface area contributed by atoms with Gasteiger partial charge in [-0.3, -0.25) is 0 Å². The van der Waals surface area contributed by atoms with E-state index >= 15 is 0 Å². The molecular weight excluding hydrogens is 374 g/mol. The largest absolute Gasteiger partial charge is 0.497 e. The van der Waals surface area contributed by atoms with E-state index in [4.69, 9.17) is 9.47 Å². The molecule has 0 amide bonds.